The summed E-state index contributed by atoms with van der Waals surface area (Å²) in [4.78, 5) is 19.8. The van der Waals surface area contributed by atoms with Crippen LogP contribution in [0.5, 0.6) is 5.75 Å². The van der Waals surface area contributed by atoms with Crippen molar-refractivity contribution in [3.05, 3.63) is 89.2 Å². The lowest BCUT2D eigenvalue weighted by atomic mass is 10.1. The molecule has 1 saturated heterocycles. The predicted molar refractivity (Wildman–Crippen MR) is 132 cm³/mol. The van der Waals surface area contributed by atoms with E-state index in [1.807, 2.05) is 47.4 Å². The van der Waals surface area contributed by atoms with E-state index in [1.54, 1.807) is 0 Å². The second kappa shape index (κ2) is 8.74. The van der Waals surface area contributed by atoms with Crippen LogP contribution in [0.25, 0.3) is 11.0 Å². The number of carbonyl (C=O) groups excluding carboxylic acids is 1. The Bertz CT molecular complexity index is 1320. The number of anilines is 1. The molecule has 2 heterocycles. The number of nitrogens with zero attached hydrogens (tertiary/aromatic N) is 3. The van der Waals surface area contributed by atoms with Gasteiger partial charge in [0.05, 0.1) is 17.6 Å². The lowest BCUT2D eigenvalue weighted by Crippen LogP contribution is -2.24. The van der Waals surface area contributed by atoms with E-state index in [1.165, 1.54) is 11.1 Å². The summed E-state index contributed by atoms with van der Waals surface area (Å²) in [5, 5.41) is 0. The highest BCUT2D eigenvalue weighted by Gasteiger charge is 2.34. The molecule has 1 aliphatic heterocycles. The highest BCUT2D eigenvalue weighted by Crippen LogP contribution is 2.33. The largest absolute Gasteiger partial charge is 0.491 e. The molecule has 5 heteroatoms. The summed E-state index contributed by atoms with van der Waals surface area (Å²) in [6.07, 6.45) is 0.467. The van der Waals surface area contributed by atoms with Gasteiger partial charge in [0.1, 0.15) is 18.2 Å². The summed E-state index contributed by atoms with van der Waals surface area (Å²) >= 11 is 0. The number of carbonyl (C=O) groups is 1. The summed E-state index contributed by atoms with van der Waals surface area (Å²) in [7, 11) is 0. The van der Waals surface area contributed by atoms with Gasteiger partial charge in [-0.2, -0.15) is 0 Å². The van der Waals surface area contributed by atoms with E-state index in [9.17, 15) is 4.79 Å². The Morgan fingerprint density at radius 2 is 1.82 bits per heavy atom. The standard InChI is InChI=1S/C28H29N3O2/c1-19-8-6-10-23(16-19)31-18-22(17-27(31)32)28-29-24-11-4-5-12-25(24)30(28)14-15-33-26-13-7-9-20(2)21(26)3/h4-13,16,22H,14-15,17-18H2,1-3H3/t22-/m1/s1. The Hall–Kier alpha value is -3.60. The quantitative estimate of drug-likeness (QED) is 0.395. The maximum Gasteiger partial charge on any atom is 0.227 e. The molecule has 1 amide bonds. The van der Waals surface area contributed by atoms with Gasteiger partial charge < -0.3 is 14.2 Å². The van der Waals surface area contributed by atoms with E-state index in [0.717, 1.165) is 33.9 Å². The first kappa shape index (κ1) is 21.3. The fraction of sp³-hybridized carbons (Fsp3) is 0.286. The number of aryl methyl sites for hydroxylation is 2. The number of ether oxygens (including phenoxy) is 1. The number of aromatic nitrogens is 2. The first-order chi connectivity index (χ1) is 16.0. The molecule has 0 spiro atoms. The SMILES string of the molecule is Cc1cccc(N2C[C@H](c3nc4ccccc4n3CCOc3cccc(C)c3C)CC2=O)c1. The summed E-state index contributed by atoms with van der Waals surface area (Å²) in [5.74, 6) is 2.08. The zero-order valence-corrected chi connectivity index (χ0v) is 19.4. The van der Waals surface area contributed by atoms with Crippen LogP contribution in [-0.2, 0) is 11.3 Å². The number of fused-ring (bicyclic) bond motifs is 1. The number of hydrogen-bond acceptors (Lipinski definition) is 3. The third-order valence-corrected chi connectivity index (χ3v) is 6.61. The molecule has 168 valence electrons. The van der Waals surface area contributed by atoms with E-state index in [2.05, 4.69) is 49.6 Å². The molecule has 0 N–H and O–H groups in total. The minimum Gasteiger partial charge on any atom is -0.491 e. The maximum atomic E-state index is 12.9. The van der Waals surface area contributed by atoms with Gasteiger partial charge in [-0.15, -0.1) is 0 Å². The molecule has 1 aromatic heterocycles. The molecule has 5 nitrogen and oxygen atoms in total. The average Bonchev–Trinajstić information content (AvgIpc) is 3.37. The number of hydrogen-bond donors (Lipinski definition) is 0. The first-order valence-corrected chi connectivity index (χ1v) is 11.5. The van der Waals surface area contributed by atoms with Crippen molar-refractivity contribution in [3.8, 4) is 5.75 Å². The molecule has 0 radical (unpaired) electrons. The number of rotatable bonds is 6. The third kappa shape index (κ3) is 4.11. The molecule has 3 aromatic carbocycles. The zero-order chi connectivity index (χ0) is 22.9. The molecule has 33 heavy (non-hydrogen) atoms. The van der Waals surface area contributed by atoms with Crippen molar-refractivity contribution in [2.45, 2.75) is 39.7 Å². The van der Waals surface area contributed by atoms with Crippen molar-refractivity contribution in [3.63, 3.8) is 0 Å². The highest BCUT2D eigenvalue weighted by atomic mass is 16.5. The molecular formula is C28H29N3O2. The van der Waals surface area contributed by atoms with E-state index >= 15 is 0 Å². The van der Waals surface area contributed by atoms with E-state index in [-0.39, 0.29) is 11.8 Å². The van der Waals surface area contributed by atoms with Gasteiger partial charge in [0.25, 0.3) is 0 Å². The van der Waals surface area contributed by atoms with Crippen LogP contribution in [0.4, 0.5) is 5.69 Å². The lowest BCUT2D eigenvalue weighted by molar-refractivity contribution is -0.117. The smallest absolute Gasteiger partial charge is 0.227 e. The third-order valence-electron chi connectivity index (χ3n) is 6.61. The molecule has 1 atom stereocenters. The van der Waals surface area contributed by atoms with Crippen LogP contribution in [0.3, 0.4) is 0 Å². The van der Waals surface area contributed by atoms with E-state index in [0.29, 0.717) is 26.1 Å². The minimum atomic E-state index is 0.0473. The fourth-order valence-electron chi connectivity index (χ4n) is 4.69. The number of imidazole rings is 1. The normalized spacial score (nSPS) is 16.0. The number of amides is 1. The van der Waals surface area contributed by atoms with Crippen molar-refractivity contribution in [1.82, 2.24) is 9.55 Å². The Morgan fingerprint density at radius 1 is 1.00 bits per heavy atom. The summed E-state index contributed by atoms with van der Waals surface area (Å²) in [5.41, 5.74) is 6.55. The van der Waals surface area contributed by atoms with Crippen molar-refractivity contribution in [1.29, 1.82) is 0 Å². The molecule has 5 rings (SSSR count). The van der Waals surface area contributed by atoms with Crippen LogP contribution in [-0.4, -0.2) is 28.6 Å². The Kier molecular flexibility index (Phi) is 5.63. The molecule has 0 saturated carbocycles. The summed E-state index contributed by atoms with van der Waals surface area (Å²) in [6, 6.07) is 22.5. The summed E-state index contributed by atoms with van der Waals surface area (Å²) in [6.45, 7) is 8.10. The van der Waals surface area contributed by atoms with Gasteiger partial charge in [-0.05, 0) is 67.8 Å². The van der Waals surface area contributed by atoms with Crippen LogP contribution >= 0.6 is 0 Å². The average molecular weight is 440 g/mol. The van der Waals surface area contributed by atoms with Crippen LogP contribution in [0, 0.1) is 20.8 Å². The van der Waals surface area contributed by atoms with Crippen molar-refractivity contribution in [2.24, 2.45) is 0 Å². The van der Waals surface area contributed by atoms with Crippen molar-refractivity contribution < 1.29 is 9.53 Å². The van der Waals surface area contributed by atoms with Gasteiger partial charge in [0, 0.05) is 24.6 Å². The Morgan fingerprint density at radius 3 is 2.67 bits per heavy atom. The van der Waals surface area contributed by atoms with Crippen molar-refractivity contribution >= 4 is 22.6 Å². The highest BCUT2D eigenvalue weighted by molar-refractivity contribution is 5.96. The maximum absolute atomic E-state index is 12.9. The minimum absolute atomic E-state index is 0.0473. The molecule has 4 aromatic rings. The van der Waals surface area contributed by atoms with Crippen LogP contribution in [0.1, 0.15) is 34.9 Å². The lowest BCUT2D eigenvalue weighted by Gasteiger charge is -2.18. The molecule has 0 unspecified atom stereocenters. The van der Waals surface area contributed by atoms with Gasteiger partial charge in [0.15, 0.2) is 0 Å². The van der Waals surface area contributed by atoms with Gasteiger partial charge in [-0.25, -0.2) is 4.98 Å². The zero-order valence-electron chi connectivity index (χ0n) is 19.4. The molecule has 0 aliphatic carbocycles. The van der Waals surface area contributed by atoms with Gasteiger partial charge in [-0.1, -0.05) is 36.4 Å². The second-order valence-electron chi connectivity index (χ2n) is 8.90. The number of benzene rings is 3. The molecule has 1 fully saturated rings. The summed E-state index contributed by atoms with van der Waals surface area (Å²) < 4.78 is 8.39. The van der Waals surface area contributed by atoms with Gasteiger partial charge in [0.2, 0.25) is 5.91 Å². The monoisotopic (exact) mass is 439 g/mol. The van der Waals surface area contributed by atoms with E-state index in [4.69, 9.17) is 9.72 Å². The molecular weight excluding hydrogens is 410 g/mol. The Labute approximate surface area is 194 Å². The van der Waals surface area contributed by atoms with E-state index < -0.39 is 0 Å². The topological polar surface area (TPSA) is 47.4 Å². The van der Waals surface area contributed by atoms with Crippen LogP contribution in [0.15, 0.2) is 66.7 Å². The van der Waals surface area contributed by atoms with Crippen LogP contribution in [0.2, 0.25) is 0 Å². The predicted octanol–water partition coefficient (Wildman–Crippen LogP) is 5.56. The Balaban J connectivity index is 1.41. The van der Waals surface area contributed by atoms with Crippen molar-refractivity contribution in [2.75, 3.05) is 18.1 Å². The van der Waals surface area contributed by atoms with Gasteiger partial charge >= 0.3 is 0 Å². The molecule has 1 aliphatic rings. The fourth-order valence-corrected chi connectivity index (χ4v) is 4.69. The molecule has 0 bridgehead atoms. The number of para-hydroxylation sites is 2. The van der Waals surface area contributed by atoms with Crippen LogP contribution < -0.4 is 9.64 Å². The van der Waals surface area contributed by atoms with Gasteiger partial charge in [-0.3, -0.25) is 4.79 Å². The first-order valence-electron chi connectivity index (χ1n) is 11.5. The second-order valence-corrected chi connectivity index (χ2v) is 8.90.